The van der Waals surface area contributed by atoms with Crippen LogP contribution < -0.4 is 4.74 Å². The number of nitrogens with zero attached hydrogens (tertiary/aromatic N) is 1. The molecular weight excluding hydrogens is 218 g/mol. The maximum Gasteiger partial charge on any atom is 0.264 e. The third-order valence-corrected chi connectivity index (χ3v) is 3.08. The zero-order valence-corrected chi connectivity index (χ0v) is 9.40. The summed E-state index contributed by atoms with van der Waals surface area (Å²) in [6, 6.07) is 7.09. The molecule has 4 nitrogen and oxygen atoms in total. The Hall–Kier alpha value is -2.10. The Labute approximate surface area is 98.5 Å². The van der Waals surface area contributed by atoms with Crippen LogP contribution >= 0.6 is 0 Å². The van der Waals surface area contributed by atoms with E-state index in [9.17, 15) is 9.59 Å². The summed E-state index contributed by atoms with van der Waals surface area (Å²) in [7, 11) is 0. The highest BCUT2D eigenvalue weighted by molar-refractivity contribution is 6.02. The molecule has 0 spiro atoms. The Balaban J connectivity index is 2.14. The van der Waals surface area contributed by atoms with E-state index in [2.05, 4.69) is 0 Å². The smallest absolute Gasteiger partial charge is 0.264 e. The lowest BCUT2D eigenvalue weighted by Crippen LogP contribution is -2.34. The summed E-state index contributed by atoms with van der Waals surface area (Å²) in [5.41, 5.74) is 1.16. The van der Waals surface area contributed by atoms with Crippen molar-refractivity contribution in [2.24, 2.45) is 0 Å². The Morgan fingerprint density at radius 3 is 2.88 bits per heavy atom. The van der Waals surface area contributed by atoms with Crippen LogP contribution in [0.1, 0.15) is 23.7 Å². The highest BCUT2D eigenvalue weighted by atomic mass is 16.5. The van der Waals surface area contributed by atoms with Crippen LogP contribution in [0, 0.1) is 0 Å². The van der Waals surface area contributed by atoms with Gasteiger partial charge in [-0.3, -0.25) is 14.5 Å². The van der Waals surface area contributed by atoms with Gasteiger partial charge in [0.2, 0.25) is 5.88 Å². The van der Waals surface area contributed by atoms with Gasteiger partial charge in [0.15, 0.2) is 5.78 Å². The molecule has 0 atom stereocenters. The van der Waals surface area contributed by atoms with Crippen molar-refractivity contribution in [3.05, 3.63) is 41.3 Å². The molecule has 2 aliphatic rings. The van der Waals surface area contributed by atoms with Crippen molar-refractivity contribution in [1.82, 2.24) is 4.90 Å². The van der Waals surface area contributed by atoms with Gasteiger partial charge in [-0.25, -0.2) is 0 Å². The number of hydrogen-bond donors (Lipinski definition) is 0. The Kier molecular flexibility index (Phi) is 2.04. The molecule has 4 heteroatoms. The van der Waals surface area contributed by atoms with E-state index in [1.807, 2.05) is 6.07 Å². The first-order chi connectivity index (χ1) is 8.18. The quantitative estimate of drug-likeness (QED) is 0.736. The highest BCUT2D eigenvalue weighted by Gasteiger charge is 2.37. The Morgan fingerprint density at radius 1 is 1.35 bits per heavy atom. The van der Waals surface area contributed by atoms with Crippen molar-refractivity contribution in [1.29, 1.82) is 0 Å². The van der Waals surface area contributed by atoms with E-state index in [4.69, 9.17) is 4.74 Å². The summed E-state index contributed by atoms with van der Waals surface area (Å²) in [5, 5.41) is 0. The number of hydrogen-bond acceptors (Lipinski definition) is 3. The zero-order valence-electron chi connectivity index (χ0n) is 9.40. The fourth-order valence-corrected chi connectivity index (χ4v) is 2.21. The standard InChI is InChI=1S/C13H11NO3/c1-8(15)9-6-7-14-12(16)10-4-2-3-5-11(10)17-13(9)14/h2-5H,6-7H2,1H3. The molecular formula is C13H11NO3. The minimum absolute atomic E-state index is 0.0327. The van der Waals surface area contributed by atoms with Gasteiger partial charge < -0.3 is 4.74 Å². The molecule has 0 saturated carbocycles. The number of fused-ring (bicyclic) bond motifs is 2. The topological polar surface area (TPSA) is 46.6 Å². The average Bonchev–Trinajstić information content (AvgIpc) is 2.73. The van der Waals surface area contributed by atoms with Crippen molar-refractivity contribution in [3.8, 4) is 5.75 Å². The van der Waals surface area contributed by atoms with Crippen LogP contribution in [0.2, 0.25) is 0 Å². The maximum absolute atomic E-state index is 12.2. The molecule has 0 unspecified atom stereocenters. The lowest BCUT2D eigenvalue weighted by molar-refractivity contribution is -0.113. The Morgan fingerprint density at radius 2 is 2.12 bits per heavy atom. The summed E-state index contributed by atoms with van der Waals surface area (Å²) in [5.74, 6) is 0.832. The molecule has 0 saturated heterocycles. The van der Waals surface area contributed by atoms with E-state index in [-0.39, 0.29) is 11.7 Å². The third kappa shape index (κ3) is 1.37. The first kappa shape index (κ1) is 10.1. The largest absolute Gasteiger partial charge is 0.439 e. The highest BCUT2D eigenvalue weighted by Crippen LogP contribution is 2.35. The molecule has 0 aromatic heterocycles. The van der Waals surface area contributed by atoms with Crippen LogP contribution in [0.15, 0.2) is 35.7 Å². The van der Waals surface area contributed by atoms with Gasteiger partial charge in [0.05, 0.1) is 11.1 Å². The molecule has 3 rings (SSSR count). The van der Waals surface area contributed by atoms with E-state index in [1.165, 1.54) is 6.92 Å². The lowest BCUT2D eigenvalue weighted by Gasteiger charge is -2.27. The first-order valence-electron chi connectivity index (χ1n) is 5.51. The van der Waals surface area contributed by atoms with E-state index in [0.29, 0.717) is 35.7 Å². The van der Waals surface area contributed by atoms with Crippen LogP contribution in [0.4, 0.5) is 0 Å². The lowest BCUT2D eigenvalue weighted by atomic mass is 10.1. The minimum Gasteiger partial charge on any atom is -0.439 e. The number of Topliss-reactive ketones (excluding diaryl/α,β-unsaturated/α-hetero) is 1. The second-order valence-electron chi connectivity index (χ2n) is 4.14. The summed E-state index contributed by atoms with van der Waals surface area (Å²) >= 11 is 0. The van der Waals surface area contributed by atoms with E-state index in [0.717, 1.165) is 0 Å². The summed E-state index contributed by atoms with van der Waals surface area (Å²) < 4.78 is 5.66. The van der Waals surface area contributed by atoms with Gasteiger partial charge >= 0.3 is 0 Å². The van der Waals surface area contributed by atoms with Gasteiger partial charge in [-0.1, -0.05) is 12.1 Å². The van der Waals surface area contributed by atoms with Gasteiger partial charge in [-0.2, -0.15) is 0 Å². The molecule has 2 heterocycles. The molecule has 86 valence electrons. The molecule has 1 aromatic carbocycles. The number of carbonyl (C=O) groups excluding carboxylic acids is 2. The van der Waals surface area contributed by atoms with Crippen molar-refractivity contribution in [2.45, 2.75) is 13.3 Å². The number of ketones is 1. The molecule has 1 aromatic rings. The van der Waals surface area contributed by atoms with Gasteiger partial charge in [0.1, 0.15) is 5.75 Å². The summed E-state index contributed by atoms with van der Waals surface area (Å²) in [4.78, 5) is 25.2. The molecule has 17 heavy (non-hydrogen) atoms. The zero-order chi connectivity index (χ0) is 12.0. The third-order valence-electron chi connectivity index (χ3n) is 3.08. The van der Waals surface area contributed by atoms with Crippen molar-refractivity contribution < 1.29 is 14.3 Å². The van der Waals surface area contributed by atoms with Gasteiger partial charge in [0.25, 0.3) is 5.91 Å². The molecule has 2 aliphatic heterocycles. The Bertz CT molecular complexity index is 560. The number of ether oxygens (including phenoxy) is 1. The maximum atomic E-state index is 12.2. The van der Waals surface area contributed by atoms with Gasteiger partial charge in [0, 0.05) is 6.54 Å². The number of carbonyl (C=O) groups is 2. The molecule has 0 radical (unpaired) electrons. The fraction of sp³-hybridized carbons (Fsp3) is 0.231. The number of para-hydroxylation sites is 1. The monoisotopic (exact) mass is 229 g/mol. The van der Waals surface area contributed by atoms with E-state index >= 15 is 0 Å². The van der Waals surface area contributed by atoms with Crippen LogP contribution in [0.5, 0.6) is 5.75 Å². The van der Waals surface area contributed by atoms with Crippen molar-refractivity contribution in [2.75, 3.05) is 6.54 Å². The minimum atomic E-state index is -0.0851. The SMILES string of the molecule is CC(=O)C1=C2Oc3ccccc3C(=O)N2CC1. The first-order valence-corrected chi connectivity index (χ1v) is 5.51. The normalized spacial score (nSPS) is 17.7. The number of amides is 1. The van der Waals surface area contributed by atoms with Crippen LogP contribution in [0.3, 0.4) is 0 Å². The van der Waals surface area contributed by atoms with Crippen molar-refractivity contribution in [3.63, 3.8) is 0 Å². The number of rotatable bonds is 1. The fourth-order valence-electron chi connectivity index (χ4n) is 2.21. The second-order valence-corrected chi connectivity index (χ2v) is 4.14. The summed E-state index contributed by atoms with van der Waals surface area (Å²) in [6.07, 6.45) is 0.574. The summed E-state index contributed by atoms with van der Waals surface area (Å²) in [6.45, 7) is 2.03. The molecule has 0 N–H and O–H groups in total. The van der Waals surface area contributed by atoms with Gasteiger partial charge in [-0.15, -0.1) is 0 Å². The van der Waals surface area contributed by atoms with Crippen molar-refractivity contribution >= 4 is 11.7 Å². The van der Waals surface area contributed by atoms with Crippen LogP contribution in [-0.4, -0.2) is 23.1 Å². The van der Waals surface area contributed by atoms with Crippen LogP contribution in [-0.2, 0) is 4.79 Å². The van der Waals surface area contributed by atoms with E-state index < -0.39 is 0 Å². The second kappa shape index (κ2) is 3.45. The average molecular weight is 229 g/mol. The molecule has 1 amide bonds. The van der Waals surface area contributed by atoms with Gasteiger partial charge in [-0.05, 0) is 25.5 Å². The van der Waals surface area contributed by atoms with Crippen LogP contribution in [0.25, 0.3) is 0 Å². The predicted octanol–water partition coefficient (Wildman–Crippen LogP) is 1.73. The molecule has 0 fully saturated rings. The van der Waals surface area contributed by atoms with E-state index in [1.54, 1.807) is 23.1 Å². The molecule has 0 aliphatic carbocycles. The number of benzene rings is 1. The predicted molar refractivity (Wildman–Crippen MR) is 60.4 cm³/mol. The molecule has 0 bridgehead atoms.